The van der Waals surface area contributed by atoms with E-state index in [4.69, 9.17) is 155 Å². The summed E-state index contributed by atoms with van der Waals surface area (Å²) < 4.78 is 188. The van der Waals surface area contributed by atoms with Gasteiger partial charge in [0, 0.05) is 28.4 Å². The molecule has 0 saturated carbocycles. The van der Waals surface area contributed by atoms with Crippen molar-refractivity contribution in [1.29, 1.82) is 0 Å². The molecule has 12 heterocycles. The maximum absolute atomic E-state index is 12.4. The summed E-state index contributed by atoms with van der Waals surface area (Å²) in [6, 6.07) is 0. The number of rotatable bonds is 4. The van der Waals surface area contributed by atoms with Crippen LogP contribution in [-0.2, 0) is 155 Å². The molecule has 12 atom stereocenters. The van der Waals surface area contributed by atoms with E-state index in [1.165, 1.54) is 0 Å². The Balaban J connectivity index is 1.11. The molecule has 12 saturated heterocycles. The highest BCUT2D eigenvalue weighted by molar-refractivity contribution is 7.02. The summed E-state index contributed by atoms with van der Waals surface area (Å²) >= 11 is 0. The molecule has 0 amide bonds. The summed E-state index contributed by atoms with van der Waals surface area (Å²) in [5.41, 5.74) is 0. The minimum atomic E-state index is -7.18. The molecule has 0 aliphatic carbocycles. The molecular weight excluding hydrogens is 1350 g/mol. The van der Waals surface area contributed by atoms with Crippen molar-refractivity contribution in [2.45, 2.75) is 0 Å². The average molecular weight is 1380 g/mol. The van der Waals surface area contributed by atoms with Crippen molar-refractivity contribution >= 4 is 175 Å². The molecule has 0 aromatic rings. The summed E-state index contributed by atoms with van der Waals surface area (Å²) in [4.78, 5) is 167. The lowest BCUT2D eigenvalue weighted by Gasteiger charge is -2.74. The Morgan fingerprint density at radius 1 is 0.221 bits per heavy atom. The van der Waals surface area contributed by atoms with Gasteiger partial charge in [-0.25, -0.2) is 0 Å². The SMILES string of the molecule is CO[Si]1(O)O[B-]2(O)O[B-]34O[B-]56O[B-]78O[B-]9%10O[B-]%11%12O[B-](O)(O[Si](O)(OC)O[Si](O)(O%11)O[Si](O)(O9)O[Si](O)(O7)O[Si](O)(O5)O[Si](O)(O3)O1)O[Si](O)(OC)O[Si](O)(O%12)O[Si](O)(O%10)O[Si](O)(O8)O[Si](O)(O6)O[Si](O)(O4)O[Si](O)(OC)O2. The summed E-state index contributed by atoms with van der Waals surface area (Å²) in [7, 11) is -92.4. The van der Waals surface area contributed by atoms with Crippen LogP contribution in [-0.4, -0.2) is 281 Å². The highest BCUT2D eigenvalue weighted by Gasteiger charge is 2.84. The molecule has 5 spiro atoms. The van der Waals surface area contributed by atoms with Crippen molar-refractivity contribution in [2.24, 2.45) is 0 Å². The van der Waals surface area contributed by atoms with E-state index in [-0.39, 0.29) is 0 Å². The van der Waals surface area contributed by atoms with Crippen molar-refractivity contribution in [3.8, 4) is 0 Å². The summed E-state index contributed by atoms with van der Waals surface area (Å²) in [5, 5.41) is 23.4. The molecule has 0 aromatic heterocycles. The van der Waals surface area contributed by atoms with Crippen LogP contribution in [0.2, 0.25) is 0 Å². The lowest BCUT2D eigenvalue weighted by atomic mass is 9.86. The molecule has 73 heteroatoms. The Labute approximate surface area is 434 Å². The predicted molar refractivity (Wildman–Crippen MR) is 219 cm³/mol. The molecule has 16 N–H and O–H groups in total. The van der Waals surface area contributed by atoms with Gasteiger partial charge in [0.1, 0.15) is 0 Å². The molecule has 0 radical (unpaired) electrons. The van der Waals surface area contributed by atoms with E-state index in [2.05, 4.69) is 0 Å². The largest absolute Gasteiger partial charge is 0.682 e. The molecular formula is C4H28B7O52Si14-7. The zero-order chi connectivity index (χ0) is 56.0. The van der Waals surface area contributed by atoms with Gasteiger partial charge in [-0.1, -0.05) is 0 Å². The normalized spacial score (nSPS) is 63.7. The quantitative estimate of drug-likeness (QED) is 0.116. The Hall–Kier alpha value is 1.41. The summed E-state index contributed by atoms with van der Waals surface area (Å²) in [6.07, 6.45) is 0. The molecule has 12 aliphatic rings. The molecule has 440 valence electrons. The van der Waals surface area contributed by atoms with Crippen molar-refractivity contribution in [3.63, 3.8) is 0 Å². The van der Waals surface area contributed by atoms with Gasteiger partial charge in [0.15, 0.2) is 0 Å². The maximum atomic E-state index is 12.4. The van der Waals surface area contributed by atoms with E-state index in [1.807, 2.05) is 0 Å². The van der Waals surface area contributed by atoms with Crippen LogP contribution < -0.4 is 0 Å². The predicted octanol–water partition coefficient (Wildman–Crippen LogP) is -18.7. The van der Waals surface area contributed by atoms with Crippen molar-refractivity contribution in [1.82, 2.24) is 0 Å². The zero-order valence-electron chi connectivity index (χ0n) is 36.9. The molecule has 12 aliphatic heterocycles. The van der Waals surface area contributed by atoms with Gasteiger partial charge in [-0.15, -0.1) is 0 Å². The number of hydrogen-bond acceptors (Lipinski definition) is 52. The van der Waals surface area contributed by atoms with Crippen LogP contribution >= 0.6 is 0 Å². The highest BCUT2D eigenvalue weighted by atomic mass is 28.6. The smallest absolute Gasteiger partial charge is 0.630 e. The lowest BCUT2D eigenvalue weighted by molar-refractivity contribution is -0.151. The van der Waals surface area contributed by atoms with Gasteiger partial charge in [0.25, 0.3) is 0 Å². The van der Waals surface area contributed by atoms with E-state index in [0.29, 0.717) is 28.4 Å². The topological polar surface area (TPSA) is 656 Å². The van der Waals surface area contributed by atoms with Crippen molar-refractivity contribution < 1.29 is 233 Å². The van der Waals surface area contributed by atoms with Gasteiger partial charge >= 0.3 is 175 Å². The standard InChI is InChI=1S/C4H28B7O52Si14/c1-28-64(14)38-5(12)32-7-34-9-36-11-37-10-35-8-33-6(13,40-66(16,30-3)54-70(20,44-8)58-74(24,48-10)61-76(26,50-11)60-72(22,46-9)56-68(18,42-7)52-64)41-67(17,31-4)55-71(21,45-8)59-75(25,49-10)63-77(27,51-11)62-73(23,47-9)57-69(19,43-7)53-65(15,29-2)39-5/h12-27H,1-4H3/q-7. The number of fused-ring (bicyclic) bond motifs is 12. The van der Waals surface area contributed by atoms with E-state index in [9.17, 15) is 77.2 Å². The molecule has 12 fully saturated rings. The van der Waals surface area contributed by atoms with E-state index < -0.39 is 175 Å². The van der Waals surface area contributed by atoms with E-state index >= 15 is 0 Å². The second-order valence-electron chi connectivity index (χ2n) is 15.9. The van der Waals surface area contributed by atoms with Crippen LogP contribution in [0.4, 0.5) is 0 Å². The Bertz CT molecular complexity index is 2190. The first-order valence-corrected chi connectivity index (χ1v) is 43.4. The minimum Gasteiger partial charge on any atom is -0.682 e. The molecule has 17 bridgehead atoms. The first-order chi connectivity index (χ1) is 34.9. The maximum Gasteiger partial charge on any atom is 0.630 e. The Morgan fingerprint density at radius 3 is 0.519 bits per heavy atom. The summed E-state index contributed by atoms with van der Waals surface area (Å²) in [5.74, 6) is 0. The molecule has 12 rings (SSSR count). The molecule has 12 unspecified atom stereocenters. The second kappa shape index (κ2) is 16.9. The Morgan fingerprint density at radius 2 is 0.364 bits per heavy atom. The van der Waals surface area contributed by atoms with Gasteiger partial charge in [-0.3, -0.25) is 0 Å². The van der Waals surface area contributed by atoms with Crippen LogP contribution in [0.5, 0.6) is 0 Å². The van der Waals surface area contributed by atoms with Crippen LogP contribution in [0, 0.1) is 0 Å². The fourth-order valence-corrected chi connectivity index (χ4v) is 43.1. The average Bonchev–Trinajstić information content (AvgIpc) is 3.11. The van der Waals surface area contributed by atoms with Gasteiger partial charge in [-0.05, 0) is 0 Å². The van der Waals surface area contributed by atoms with Crippen LogP contribution in [0.15, 0.2) is 0 Å². The fourth-order valence-electron chi connectivity index (χ4n) is 7.91. The van der Waals surface area contributed by atoms with E-state index in [1.54, 1.807) is 0 Å². The third kappa shape index (κ3) is 10.4. The highest BCUT2D eigenvalue weighted by Crippen LogP contribution is 2.52. The zero-order valence-corrected chi connectivity index (χ0v) is 50.9. The van der Waals surface area contributed by atoms with Gasteiger partial charge < -0.3 is 233 Å². The fraction of sp³-hybridized carbons (Fsp3) is 1.00. The third-order valence-electron chi connectivity index (χ3n) is 10.3. The van der Waals surface area contributed by atoms with Gasteiger partial charge in [0.05, 0.1) is 0 Å². The first-order valence-electron chi connectivity index (χ1n) is 20.0. The van der Waals surface area contributed by atoms with Gasteiger partial charge in [0.2, 0.25) is 0 Å². The molecule has 77 heavy (non-hydrogen) atoms. The van der Waals surface area contributed by atoms with Crippen LogP contribution in [0.3, 0.4) is 0 Å². The Kier molecular flexibility index (Phi) is 12.9. The third-order valence-corrected chi connectivity index (χ3v) is 45.3. The summed E-state index contributed by atoms with van der Waals surface area (Å²) in [6.45, 7) is -39.5. The minimum absolute atomic E-state index is 0.517. The monoisotopic (exact) mass is 1380 g/mol. The van der Waals surface area contributed by atoms with Crippen molar-refractivity contribution in [2.75, 3.05) is 28.4 Å². The molecule has 0 aromatic carbocycles. The van der Waals surface area contributed by atoms with E-state index in [0.717, 1.165) is 0 Å². The first kappa shape index (κ1) is 58.8. The lowest BCUT2D eigenvalue weighted by Crippen LogP contribution is -2.93. The number of hydrogen-bond donors (Lipinski definition) is 16. The van der Waals surface area contributed by atoms with Gasteiger partial charge in [-0.2, -0.15) is 0 Å². The second-order valence-corrected chi connectivity index (χ2v) is 45.3. The molecule has 52 nitrogen and oxygen atoms in total. The van der Waals surface area contributed by atoms with Crippen molar-refractivity contribution in [3.05, 3.63) is 0 Å². The van der Waals surface area contributed by atoms with Crippen LogP contribution in [0.25, 0.3) is 0 Å². The van der Waals surface area contributed by atoms with Crippen LogP contribution in [0.1, 0.15) is 0 Å².